The summed E-state index contributed by atoms with van der Waals surface area (Å²) in [5, 5.41) is 0.674. The van der Waals surface area contributed by atoms with E-state index in [1.54, 1.807) is 32.0 Å². The maximum absolute atomic E-state index is 5.87. The van der Waals surface area contributed by atoms with E-state index in [0.29, 0.717) is 30.1 Å². The van der Waals surface area contributed by atoms with Crippen molar-refractivity contribution >= 4 is 17.4 Å². The minimum absolute atomic E-state index is 0.519. The highest BCUT2D eigenvalue weighted by Crippen LogP contribution is 2.39. The summed E-state index contributed by atoms with van der Waals surface area (Å²) in [5.74, 6) is 3.68. The minimum atomic E-state index is 0.519. The van der Waals surface area contributed by atoms with Gasteiger partial charge in [-0.05, 0) is 12.1 Å². The first kappa shape index (κ1) is 19.9. The summed E-state index contributed by atoms with van der Waals surface area (Å²) in [6.07, 6.45) is 0. The molecule has 0 unspecified atom stereocenters. The van der Waals surface area contributed by atoms with Gasteiger partial charge >= 0.3 is 0 Å². The summed E-state index contributed by atoms with van der Waals surface area (Å²) in [7, 11) is 3.19. The molecule has 0 bridgehead atoms. The van der Waals surface area contributed by atoms with Crippen molar-refractivity contribution in [1.82, 2.24) is 14.9 Å². The number of fused-ring (bicyclic) bond motifs is 1. The Bertz CT molecular complexity index is 808. The molecule has 0 aliphatic carbocycles. The van der Waals surface area contributed by atoms with E-state index in [2.05, 4.69) is 25.8 Å². The van der Waals surface area contributed by atoms with Crippen LogP contribution in [0.1, 0.15) is 0 Å². The van der Waals surface area contributed by atoms with E-state index >= 15 is 0 Å². The van der Waals surface area contributed by atoms with Crippen LogP contribution >= 0.6 is 11.8 Å². The number of rotatable bonds is 7. The molecule has 0 amide bonds. The number of nitrogens with zero attached hydrogens (tertiary/aromatic N) is 4. The van der Waals surface area contributed by atoms with Crippen LogP contribution in [-0.2, 0) is 0 Å². The zero-order valence-electron chi connectivity index (χ0n) is 16.8. The molecule has 8 nitrogen and oxygen atoms in total. The number of anilines is 1. The molecular formula is C20H26N4O4S. The van der Waals surface area contributed by atoms with Crippen LogP contribution in [0.4, 0.5) is 5.69 Å². The molecule has 0 N–H and O–H groups in total. The summed E-state index contributed by atoms with van der Waals surface area (Å²) < 4.78 is 22.0. The third-order valence-corrected chi connectivity index (χ3v) is 5.80. The molecule has 1 fully saturated rings. The first-order valence-corrected chi connectivity index (χ1v) is 10.7. The predicted octanol–water partition coefficient (Wildman–Crippen LogP) is 2.18. The third kappa shape index (κ3) is 4.79. The zero-order chi connectivity index (χ0) is 20.1. The average Bonchev–Trinajstić information content (AvgIpc) is 2.79. The lowest BCUT2D eigenvalue weighted by atomic mass is 10.2. The van der Waals surface area contributed by atoms with Gasteiger partial charge in [-0.15, -0.1) is 0 Å². The maximum Gasteiger partial charge on any atom is 0.220 e. The van der Waals surface area contributed by atoms with Crippen LogP contribution in [0, 0.1) is 0 Å². The van der Waals surface area contributed by atoms with E-state index in [0.717, 1.165) is 55.7 Å². The molecule has 156 valence electrons. The van der Waals surface area contributed by atoms with Crippen LogP contribution in [0.5, 0.6) is 23.3 Å². The van der Waals surface area contributed by atoms with Gasteiger partial charge in [-0.25, -0.2) is 0 Å². The van der Waals surface area contributed by atoms with E-state index in [1.807, 2.05) is 12.1 Å². The Morgan fingerprint density at radius 1 is 1.00 bits per heavy atom. The summed E-state index contributed by atoms with van der Waals surface area (Å²) in [5.41, 5.74) is 1.13. The van der Waals surface area contributed by atoms with Crippen molar-refractivity contribution in [2.45, 2.75) is 5.16 Å². The molecule has 1 aromatic heterocycles. The highest BCUT2D eigenvalue weighted by molar-refractivity contribution is 7.99. The molecule has 0 atom stereocenters. The van der Waals surface area contributed by atoms with Crippen molar-refractivity contribution in [1.29, 1.82) is 0 Å². The lowest BCUT2D eigenvalue weighted by molar-refractivity contribution is 0.171. The number of benzene rings is 1. The number of ether oxygens (including phenoxy) is 4. The molecule has 29 heavy (non-hydrogen) atoms. The molecule has 4 rings (SSSR count). The van der Waals surface area contributed by atoms with Gasteiger partial charge in [0.05, 0.1) is 26.0 Å². The van der Waals surface area contributed by atoms with E-state index in [9.17, 15) is 0 Å². The van der Waals surface area contributed by atoms with Gasteiger partial charge < -0.3 is 23.8 Å². The number of thioether (sulfide) groups is 1. The zero-order valence-corrected chi connectivity index (χ0v) is 17.6. The molecule has 2 aliphatic rings. The molecule has 3 heterocycles. The van der Waals surface area contributed by atoms with E-state index < -0.39 is 0 Å². The van der Waals surface area contributed by atoms with Crippen LogP contribution in [0.25, 0.3) is 0 Å². The predicted molar refractivity (Wildman–Crippen MR) is 112 cm³/mol. The normalized spacial score (nSPS) is 16.6. The number of aromatic nitrogens is 2. The van der Waals surface area contributed by atoms with Crippen molar-refractivity contribution in [3.05, 3.63) is 24.3 Å². The van der Waals surface area contributed by atoms with Crippen molar-refractivity contribution in [2.75, 3.05) is 70.8 Å². The van der Waals surface area contributed by atoms with E-state index in [1.165, 1.54) is 0 Å². The number of methoxy groups -OCH3 is 2. The van der Waals surface area contributed by atoms with Gasteiger partial charge in [0.2, 0.25) is 11.8 Å². The molecule has 1 aromatic carbocycles. The number of piperazine rings is 1. The molecule has 1 saturated heterocycles. The Morgan fingerprint density at radius 2 is 1.72 bits per heavy atom. The fraction of sp³-hybridized carbons (Fsp3) is 0.500. The number of para-hydroxylation sites is 1. The Hall–Kier alpha value is -2.39. The van der Waals surface area contributed by atoms with Gasteiger partial charge in [0.25, 0.3) is 0 Å². The topological polar surface area (TPSA) is 69.2 Å². The van der Waals surface area contributed by atoms with E-state index in [4.69, 9.17) is 18.9 Å². The molecule has 0 radical (unpaired) electrons. The van der Waals surface area contributed by atoms with Gasteiger partial charge in [-0.3, -0.25) is 4.90 Å². The van der Waals surface area contributed by atoms with Gasteiger partial charge in [0.15, 0.2) is 16.7 Å². The van der Waals surface area contributed by atoms with Crippen molar-refractivity contribution in [3.63, 3.8) is 0 Å². The Kier molecular flexibility index (Phi) is 6.46. The smallest absolute Gasteiger partial charge is 0.220 e. The summed E-state index contributed by atoms with van der Waals surface area (Å²) in [6.45, 7) is 6.15. The fourth-order valence-electron chi connectivity index (χ4n) is 3.44. The summed E-state index contributed by atoms with van der Waals surface area (Å²) in [6, 6.07) is 7.81. The monoisotopic (exact) mass is 418 g/mol. The second-order valence-corrected chi connectivity index (χ2v) is 7.78. The van der Waals surface area contributed by atoms with Gasteiger partial charge in [0, 0.05) is 38.5 Å². The lowest BCUT2D eigenvalue weighted by Crippen LogP contribution is -2.47. The van der Waals surface area contributed by atoms with Crippen LogP contribution in [0.2, 0.25) is 0 Å². The molecule has 0 saturated carbocycles. The largest absolute Gasteiger partial charge is 0.486 e. The highest BCUT2D eigenvalue weighted by Gasteiger charge is 2.23. The first-order chi connectivity index (χ1) is 14.3. The second kappa shape index (κ2) is 9.41. The molecule has 9 heteroatoms. The number of hydrogen-bond donors (Lipinski definition) is 0. The molecule has 0 spiro atoms. The molecule has 2 aromatic rings. The van der Waals surface area contributed by atoms with Crippen LogP contribution in [0.3, 0.4) is 0 Å². The van der Waals surface area contributed by atoms with Gasteiger partial charge in [-0.2, -0.15) is 9.97 Å². The Labute approximate surface area is 175 Å². The highest BCUT2D eigenvalue weighted by atomic mass is 32.2. The number of hydrogen-bond acceptors (Lipinski definition) is 9. The van der Waals surface area contributed by atoms with Crippen molar-refractivity contribution in [3.8, 4) is 23.3 Å². The summed E-state index contributed by atoms with van der Waals surface area (Å²) in [4.78, 5) is 13.6. The fourth-order valence-corrected chi connectivity index (χ4v) is 4.28. The maximum atomic E-state index is 5.87. The molecule has 2 aliphatic heterocycles. The summed E-state index contributed by atoms with van der Waals surface area (Å²) >= 11 is 1.61. The second-order valence-electron chi connectivity index (χ2n) is 6.71. The Balaban J connectivity index is 1.28. The third-order valence-electron chi connectivity index (χ3n) is 4.97. The van der Waals surface area contributed by atoms with Gasteiger partial charge in [-0.1, -0.05) is 17.8 Å². The van der Waals surface area contributed by atoms with Crippen molar-refractivity contribution in [2.24, 2.45) is 0 Å². The minimum Gasteiger partial charge on any atom is -0.486 e. The van der Waals surface area contributed by atoms with Crippen LogP contribution in [0.15, 0.2) is 29.4 Å². The SMILES string of the molecule is COc1cc(OC)nc(SCCN2CCN(c3cccc4c3OCCO4)CC2)n1. The average molecular weight is 419 g/mol. The first-order valence-electron chi connectivity index (χ1n) is 9.72. The van der Waals surface area contributed by atoms with Crippen LogP contribution < -0.4 is 23.8 Å². The van der Waals surface area contributed by atoms with Crippen molar-refractivity contribution < 1.29 is 18.9 Å². The molecular weight excluding hydrogens is 392 g/mol. The quantitative estimate of drug-likeness (QED) is 0.497. The van der Waals surface area contributed by atoms with Crippen LogP contribution in [-0.4, -0.2) is 80.8 Å². The lowest BCUT2D eigenvalue weighted by Gasteiger charge is -2.37. The van der Waals surface area contributed by atoms with E-state index in [-0.39, 0.29) is 0 Å². The Morgan fingerprint density at radius 3 is 2.45 bits per heavy atom. The standard InChI is InChI=1S/C20H26N4O4S/c1-25-17-14-18(26-2)22-20(21-17)29-13-10-23-6-8-24(9-7-23)15-4-3-5-16-19(15)28-12-11-27-16/h3-5,14H,6-13H2,1-2H3. The van der Waals surface area contributed by atoms with Gasteiger partial charge in [0.1, 0.15) is 13.2 Å².